The molecule has 0 spiro atoms. The smallest absolute Gasteiger partial charge is 0.257 e. The second kappa shape index (κ2) is 8.44. The SMILES string of the molecule is COc1cc(NC(=O)C2CCCCN2)ccc1NC(=O)c1cccnc1. The molecule has 7 nitrogen and oxygen atoms in total. The molecule has 1 fully saturated rings. The van der Waals surface area contributed by atoms with Crippen LogP contribution in [0.3, 0.4) is 0 Å². The van der Waals surface area contributed by atoms with E-state index in [-0.39, 0.29) is 17.9 Å². The van der Waals surface area contributed by atoms with Gasteiger partial charge in [-0.05, 0) is 43.7 Å². The highest BCUT2D eigenvalue weighted by Gasteiger charge is 2.21. The maximum atomic E-state index is 12.3. The zero-order valence-electron chi connectivity index (χ0n) is 14.6. The van der Waals surface area contributed by atoms with E-state index in [2.05, 4.69) is 20.9 Å². The number of carbonyl (C=O) groups is 2. The standard InChI is InChI=1S/C19H22N4O3/c1-26-17-11-14(22-19(25)16-6-2-3-10-21-16)7-8-15(17)23-18(24)13-5-4-9-20-12-13/h4-5,7-9,11-12,16,21H,2-3,6,10H2,1H3,(H,22,25)(H,23,24). The number of anilines is 2. The van der Waals surface area contributed by atoms with Gasteiger partial charge in [0.15, 0.2) is 0 Å². The summed E-state index contributed by atoms with van der Waals surface area (Å²) in [5.41, 5.74) is 1.60. The van der Waals surface area contributed by atoms with Gasteiger partial charge in [0.2, 0.25) is 5.91 Å². The number of nitrogens with one attached hydrogen (secondary N) is 3. The number of nitrogens with zero attached hydrogens (tertiary/aromatic N) is 1. The van der Waals surface area contributed by atoms with E-state index in [4.69, 9.17) is 4.74 Å². The molecule has 2 heterocycles. The normalized spacial score (nSPS) is 16.6. The van der Waals surface area contributed by atoms with E-state index in [1.165, 1.54) is 13.3 Å². The van der Waals surface area contributed by atoms with E-state index in [0.717, 1.165) is 25.8 Å². The molecule has 1 saturated heterocycles. The summed E-state index contributed by atoms with van der Waals surface area (Å²) < 4.78 is 5.35. The van der Waals surface area contributed by atoms with Crippen molar-refractivity contribution in [2.24, 2.45) is 0 Å². The first kappa shape index (κ1) is 17.9. The molecule has 26 heavy (non-hydrogen) atoms. The van der Waals surface area contributed by atoms with E-state index in [1.807, 2.05) is 0 Å². The average molecular weight is 354 g/mol. The Kier molecular flexibility index (Phi) is 5.80. The first-order valence-electron chi connectivity index (χ1n) is 8.61. The van der Waals surface area contributed by atoms with Crippen molar-refractivity contribution in [1.29, 1.82) is 0 Å². The first-order chi connectivity index (χ1) is 12.7. The molecule has 3 rings (SSSR count). The number of carbonyl (C=O) groups excluding carboxylic acids is 2. The average Bonchev–Trinajstić information content (AvgIpc) is 2.70. The number of methoxy groups -OCH3 is 1. The topological polar surface area (TPSA) is 92.4 Å². The molecule has 3 N–H and O–H groups in total. The fourth-order valence-corrected chi connectivity index (χ4v) is 2.87. The lowest BCUT2D eigenvalue weighted by molar-refractivity contribution is -0.118. The highest BCUT2D eigenvalue weighted by atomic mass is 16.5. The number of rotatable bonds is 5. The highest BCUT2D eigenvalue weighted by molar-refractivity contribution is 6.05. The zero-order valence-corrected chi connectivity index (χ0v) is 14.6. The molecule has 2 amide bonds. The minimum Gasteiger partial charge on any atom is -0.494 e. The monoisotopic (exact) mass is 354 g/mol. The van der Waals surface area contributed by atoms with Crippen LogP contribution in [0.2, 0.25) is 0 Å². The lowest BCUT2D eigenvalue weighted by Gasteiger charge is -2.22. The third-order valence-corrected chi connectivity index (χ3v) is 4.27. The molecule has 0 aliphatic carbocycles. The molecule has 1 aromatic heterocycles. The van der Waals surface area contributed by atoms with Crippen molar-refractivity contribution in [3.8, 4) is 5.75 Å². The van der Waals surface area contributed by atoms with Crippen molar-refractivity contribution in [2.75, 3.05) is 24.3 Å². The largest absolute Gasteiger partial charge is 0.494 e. The van der Waals surface area contributed by atoms with Crippen LogP contribution in [0.25, 0.3) is 0 Å². The summed E-state index contributed by atoms with van der Waals surface area (Å²) in [7, 11) is 1.52. The van der Waals surface area contributed by atoms with Gasteiger partial charge in [0.05, 0.1) is 24.4 Å². The fraction of sp³-hybridized carbons (Fsp3) is 0.316. The summed E-state index contributed by atoms with van der Waals surface area (Å²) in [5, 5.41) is 8.90. The molecular weight excluding hydrogens is 332 g/mol. The van der Waals surface area contributed by atoms with Crippen molar-refractivity contribution < 1.29 is 14.3 Å². The minimum absolute atomic E-state index is 0.0566. The van der Waals surface area contributed by atoms with E-state index >= 15 is 0 Å². The van der Waals surface area contributed by atoms with Crippen LogP contribution in [0.4, 0.5) is 11.4 Å². The predicted molar refractivity (Wildman–Crippen MR) is 99.5 cm³/mol. The summed E-state index contributed by atoms with van der Waals surface area (Å²) in [6.07, 6.45) is 6.09. The van der Waals surface area contributed by atoms with Gasteiger partial charge in [-0.1, -0.05) is 6.42 Å². The van der Waals surface area contributed by atoms with Crippen molar-refractivity contribution in [1.82, 2.24) is 10.3 Å². The second-order valence-electron chi connectivity index (χ2n) is 6.10. The van der Waals surface area contributed by atoms with Crippen LogP contribution >= 0.6 is 0 Å². The van der Waals surface area contributed by atoms with Gasteiger partial charge in [-0.15, -0.1) is 0 Å². The quantitative estimate of drug-likeness (QED) is 0.767. The number of hydrogen-bond donors (Lipinski definition) is 3. The number of amides is 2. The number of piperidine rings is 1. The second-order valence-corrected chi connectivity index (χ2v) is 6.10. The summed E-state index contributed by atoms with van der Waals surface area (Å²) >= 11 is 0. The number of pyridine rings is 1. The molecule has 1 atom stereocenters. The summed E-state index contributed by atoms with van der Waals surface area (Å²) in [4.78, 5) is 28.5. The minimum atomic E-state index is -0.278. The van der Waals surface area contributed by atoms with Gasteiger partial charge in [-0.3, -0.25) is 14.6 Å². The molecule has 1 aliphatic rings. The Bertz CT molecular complexity index is 774. The Morgan fingerprint density at radius 1 is 1.23 bits per heavy atom. The number of benzene rings is 1. The molecule has 0 saturated carbocycles. The zero-order chi connectivity index (χ0) is 18.4. The Balaban J connectivity index is 1.69. The van der Waals surface area contributed by atoms with Crippen molar-refractivity contribution >= 4 is 23.2 Å². The molecule has 1 aromatic carbocycles. The molecule has 1 unspecified atom stereocenters. The molecule has 0 radical (unpaired) electrons. The van der Waals surface area contributed by atoms with Crippen molar-refractivity contribution in [3.63, 3.8) is 0 Å². The number of hydrogen-bond acceptors (Lipinski definition) is 5. The third-order valence-electron chi connectivity index (χ3n) is 4.27. The van der Waals surface area contributed by atoms with Gasteiger partial charge in [-0.25, -0.2) is 0 Å². The summed E-state index contributed by atoms with van der Waals surface area (Å²) in [5.74, 6) is 0.134. The molecule has 2 aromatic rings. The van der Waals surface area contributed by atoms with Gasteiger partial charge in [0.1, 0.15) is 5.75 Å². The lowest BCUT2D eigenvalue weighted by Crippen LogP contribution is -2.43. The Morgan fingerprint density at radius 2 is 2.12 bits per heavy atom. The van der Waals surface area contributed by atoms with E-state index < -0.39 is 0 Å². The van der Waals surface area contributed by atoms with Crippen LogP contribution in [0.15, 0.2) is 42.7 Å². The third kappa shape index (κ3) is 4.37. The van der Waals surface area contributed by atoms with Crippen LogP contribution in [-0.4, -0.2) is 36.5 Å². The Labute approximate surface area is 152 Å². The van der Waals surface area contributed by atoms with Gasteiger partial charge >= 0.3 is 0 Å². The Morgan fingerprint density at radius 3 is 2.81 bits per heavy atom. The maximum absolute atomic E-state index is 12.3. The number of aromatic nitrogens is 1. The van der Waals surface area contributed by atoms with Crippen molar-refractivity contribution in [3.05, 3.63) is 48.3 Å². The van der Waals surface area contributed by atoms with Crippen LogP contribution in [-0.2, 0) is 4.79 Å². The fourth-order valence-electron chi connectivity index (χ4n) is 2.87. The molecular formula is C19H22N4O3. The van der Waals surface area contributed by atoms with Gasteiger partial charge in [-0.2, -0.15) is 0 Å². The predicted octanol–water partition coefficient (Wildman–Crippen LogP) is 2.42. The van der Waals surface area contributed by atoms with E-state index in [9.17, 15) is 9.59 Å². The van der Waals surface area contributed by atoms with Crippen LogP contribution in [0.1, 0.15) is 29.6 Å². The van der Waals surface area contributed by atoms with Gasteiger partial charge in [0, 0.05) is 24.1 Å². The van der Waals surface area contributed by atoms with Crippen LogP contribution in [0.5, 0.6) is 5.75 Å². The summed E-state index contributed by atoms with van der Waals surface area (Å²) in [6.45, 7) is 0.862. The molecule has 136 valence electrons. The molecule has 1 aliphatic heterocycles. The Hall–Kier alpha value is -2.93. The number of ether oxygens (including phenoxy) is 1. The maximum Gasteiger partial charge on any atom is 0.257 e. The lowest BCUT2D eigenvalue weighted by atomic mass is 10.0. The van der Waals surface area contributed by atoms with E-state index in [0.29, 0.717) is 22.7 Å². The van der Waals surface area contributed by atoms with Crippen LogP contribution < -0.4 is 20.7 Å². The first-order valence-corrected chi connectivity index (χ1v) is 8.61. The van der Waals surface area contributed by atoms with Gasteiger partial charge in [0.25, 0.3) is 5.91 Å². The molecule has 0 bridgehead atoms. The van der Waals surface area contributed by atoms with E-state index in [1.54, 1.807) is 36.5 Å². The van der Waals surface area contributed by atoms with Gasteiger partial charge < -0.3 is 20.7 Å². The van der Waals surface area contributed by atoms with Crippen molar-refractivity contribution in [2.45, 2.75) is 25.3 Å². The molecule has 7 heteroatoms. The van der Waals surface area contributed by atoms with Crippen LogP contribution in [0, 0.1) is 0 Å². The summed E-state index contributed by atoms with van der Waals surface area (Å²) in [6, 6.07) is 8.35. The highest BCUT2D eigenvalue weighted by Crippen LogP contribution is 2.28.